The van der Waals surface area contributed by atoms with E-state index in [1.165, 1.54) is 25.7 Å². The summed E-state index contributed by atoms with van der Waals surface area (Å²) in [6, 6.07) is 0. The normalized spacial score (nSPS) is 49.6. The standard InChI is InChI=1S/C10H18O/c1-7-5-8(6-11)10-4-2-3-9(7)10/h7-11H,2-6H2,1H3/t7-,8-,9+,10-/m1/s1. The van der Waals surface area contributed by atoms with Gasteiger partial charge in [-0.2, -0.15) is 0 Å². The topological polar surface area (TPSA) is 20.2 Å². The Morgan fingerprint density at radius 1 is 1.27 bits per heavy atom. The molecule has 4 atom stereocenters. The summed E-state index contributed by atoms with van der Waals surface area (Å²) >= 11 is 0. The molecular formula is C10H18O. The summed E-state index contributed by atoms with van der Waals surface area (Å²) in [5, 5.41) is 9.13. The smallest absolute Gasteiger partial charge is 0.0462 e. The minimum atomic E-state index is 0.436. The van der Waals surface area contributed by atoms with Crippen molar-refractivity contribution in [3.05, 3.63) is 0 Å². The molecule has 64 valence electrons. The second-order valence-electron chi connectivity index (χ2n) is 4.41. The Hall–Kier alpha value is -0.0400. The van der Waals surface area contributed by atoms with Crippen molar-refractivity contribution in [1.29, 1.82) is 0 Å². The van der Waals surface area contributed by atoms with E-state index in [2.05, 4.69) is 6.92 Å². The average molecular weight is 154 g/mol. The van der Waals surface area contributed by atoms with Gasteiger partial charge in [-0.1, -0.05) is 13.3 Å². The van der Waals surface area contributed by atoms with Gasteiger partial charge in [-0.3, -0.25) is 0 Å². The lowest BCUT2D eigenvalue weighted by molar-refractivity contribution is 0.188. The summed E-state index contributed by atoms with van der Waals surface area (Å²) in [4.78, 5) is 0. The van der Waals surface area contributed by atoms with Crippen LogP contribution in [0.4, 0.5) is 0 Å². The van der Waals surface area contributed by atoms with Gasteiger partial charge in [0.2, 0.25) is 0 Å². The van der Waals surface area contributed by atoms with Crippen LogP contribution >= 0.6 is 0 Å². The summed E-state index contributed by atoms with van der Waals surface area (Å²) in [5.41, 5.74) is 0. The number of hydrogen-bond acceptors (Lipinski definition) is 1. The maximum atomic E-state index is 9.13. The van der Waals surface area contributed by atoms with E-state index in [0.717, 1.165) is 17.8 Å². The quantitative estimate of drug-likeness (QED) is 0.613. The van der Waals surface area contributed by atoms with E-state index in [0.29, 0.717) is 12.5 Å². The predicted octanol–water partition coefficient (Wildman–Crippen LogP) is 2.05. The van der Waals surface area contributed by atoms with Crippen LogP contribution in [-0.2, 0) is 0 Å². The fourth-order valence-corrected chi connectivity index (χ4v) is 3.35. The summed E-state index contributed by atoms with van der Waals surface area (Å²) in [6.45, 7) is 2.80. The Balaban J connectivity index is 2.07. The Bertz CT molecular complexity index is 144. The average Bonchev–Trinajstić information content (AvgIpc) is 2.54. The third-order valence-electron chi connectivity index (χ3n) is 3.87. The molecule has 0 unspecified atom stereocenters. The molecule has 2 aliphatic rings. The molecule has 1 N–H and O–H groups in total. The highest BCUT2D eigenvalue weighted by Crippen LogP contribution is 2.50. The van der Waals surface area contributed by atoms with Crippen LogP contribution in [0.2, 0.25) is 0 Å². The first-order chi connectivity index (χ1) is 5.33. The van der Waals surface area contributed by atoms with E-state index in [1.54, 1.807) is 0 Å². The first-order valence-electron chi connectivity index (χ1n) is 4.93. The monoisotopic (exact) mass is 154 g/mol. The van der Waals surface area contributed by atoms with Crippen LogP contribution in [0.5, 0.6) is 0 Å². The van der Waals surface area contributed by atoms with Crippen LogP contribution in [-0.4, -0.2) is 11.7 Å². The van der Waals surface area contributed by atoms with Crippen molar-refractivity contribution in [1.82, 2.24) is 0 Å². The first-order valence-corrected chi connectivity index (χ1v) is 4.93. The molecule has 2 saturated carbocycles. The zero-order valence-corrected chi connectivity index (χ0v) is 7.29. The molecule has 0 bridgehead atoms. The zero-order valence-electron chi connectivity index (χ0n) is 7.29. The lowest BCUT2D eigenvalue weighted by atomic mass is 9.91. The van der Waals surface area contributed by atoms with Crippen LogP contribution in [0.25, 0.3) is 0 Å². The summed E-state index contributed by atoms with van der Waals surface area (Å²) < 4.78 is 0. The van der Waals surface area contributed by atoms with Gasteiger partial charge in [0, 0.05) is 6.61 Å². The molecule has 2 rings (SSSR count). The summed E-state index contributed by atoms with van der Waals surface area (Å²) in [5.74, 6) is 3.39. The maximum absolute atomic E-state index is 9.13. The minimum Gasteiger partial charge on any atom is -0.396 e. The molecule has 11 heavy (non-hydrogen) atoms. The third-order valence-corrected chi connectivity index (χ3v) is 3.87. The molecule has 2 fully saturated rings. The molecule has 0 radical (unpaired) electrons. The van der Waals surface area contributed by atoms with Gasteiger partial charge in [-0.25, -0.2) is 0 Å². The Morgan fingerprint density at radius 3 is 2.73 bits per heavy atom. The van der Waals surface area contributed by atoms with Crippen LogP contribution in [0.1, 0.15) is 32.6 Å². The van der Waals surface area contributed by atoms with Crippen molar-refractivity contribution in [2.45, 2.75) is 32.6 Å². The molecule has 1 nitrogen and oxygen atoms in total. The van der Waals surface area contributed by atoms with Crippen molar-refractivity contribution in [3.63, 3.8) is 0 Å². The highest BCUT2D eigenvalue weighted by atomic mass is 16.3. The van der Waals surface area contributed by atoms with Crippen LogP contribution in [0.3, 0.4) is 0 Å². The predicted molar refractivity (Wildman–Crippen MR) is 45.2 cm³/mol. The van der Waals surface area contributed by atoms with E-state index in [9.17, 15) is 0 Å². The number of hydrogen-bond donors (Lipinski definition) is 1. The van der Waals surface area contributed by atoms with Crippen LogP contribution < -0.4 is 0 Å². The highest BCUT2D eigenvalue weighted by molar-refractivity contribution is 4.92. The van der Waals surface area contributed by atoms with Gasteiger partial charge in [0.15, 0.2) is 0 Å². The third kappa shape index (κ3) is 1.10. The van der Waals surface area contributed by atoms with Crippen molar-refractivity contribution in [3.8, 4) is 0 Å². The van der Waals surface area contributed by atoms with Gasteiger partial charge in [0.1, 0.15) is 0 Å². The number of aliphatic hydroxyl groups is 1. The molecule has 0 aliphatic heterocycles. The lowest BCUT2D eigenvalue weighted by Gasteiger charge is -2.15. The summed E-state index contributed by atoms with van der Waals surface area (Å²) in [6.07, 6.45) is 5.52. The zero-order chi connectivity index (χ0) is 7.84. The number of fused-ring (bicyclic) bond motifs is 1. The molecule has 0 heterocycles. The lowest BCUT2D eigenvalue weighted by Crippen LogP contribution is -2.12. The SMILES string of the molecule is C[C@@H]1C[C@H](CO)[C@H]2CCC[C@H]21. The molecular weight excluding hydrogens is 136 g/mol. The largest absolute Gasteiger partial charge is 0.396 e. The summed E-state index contributed by atoms with van der Waals surface area (Å²) in [7, 11) is 0. The second-order valence-corrected chi connectivity index (χ2v) is 4.41. The van der Waals surface area contributed by atoms with E-state index < -0.39 is 0 Å². The molecule has 1 heteroatoms. The van der Waals surface area contributed by atoms with E-state index in [-0.39, 0.29) is 0 Å². The van der Waals surface area contributed by atoms with Crippen LogP contribution in [0.15, 0.2) is 0 Å². The molecule has 0 aromatic carbocycles. The number of aliphatic hydroxyl groups excluding tert-OH is 1. The molecule has 0 saturated heterocycles. The van der Waals surface area contributed by atoms with Gasteiger partial charge in [0.25, 0.3) is 0 Å². The maximum Gasteiger partial charge on any atom is 0.0462 e. The second kappa shape index (κ2) is 2.78. The molecule has 2 aliphatic carbocycles. The highest BCUT2D eigenvalue weighted by Gasteiger charge is 2.42. The Labute approximate surface area is 68.8 Å². The fourth-order valence-electron chi connectivity index (χ4n) is 3.35. The van der Waals surface area contributed by atoms with Crippen molar-refractivity contribution in [2.24, 2.45) is 23.7 Å². The minimum absolute atomic E-state index is 0.436. The van der Waals surface area contributed by atoms with Gasteiger partial charge in [-0.15, -0.1) is 0 Å². The number of rotatable bonds is 1. The van der Waals surface area contributed by atoms with Crippen LogP contribution in [0, 0.1) is 23.7 Å². The van der Waals surface area contributed by atoms with E-state index in [4.69, 9.17) is 5.11 Å². The van der Waals surface area contributed by atoms with E-state index in [1.807, 2.05) is 0 Å². The van der Waals surface area contributed by atoms with E-state index >= 15 is 0 Å². The van der Waals surface area contributed by atoms with Gasteiger partial charge < -0.3 is 5.11 Å². The molecule has 0 spiro atoms. The molecule has 0 aromatic heterocycles. The van der Waals surface area contributed by atoms with Gasteiger partial charge >= 0.3 is 0 Å². The molecule has 0 aromatic rings. The van der Waals surface area contributed by atoms with Gasteiger partial charge in [0.05, 0.1) is 0 Å². The fraction of sp³-hybridized carbons (Fsp3) is 1.00. The van der Waals surface area contributed by atoms with Gasteiger partial charge in [-0.05, 0) is 42.9 Å². The van der Waals surface area contributed by atoms with Crippen molar-refractivity contribution >= 4 is 0 Å². The first kappa shape index (κ1) is 7.60. The molecule has 0 amide bonds. The Kier molecular flexibility index (Phi) is 1.92. The van der Waals surface area contributed by atoms with Crippen molar-refractivity contribution in [2.75, 3.05) is 6.61 Å². The van der Waals surface area contributed by atoms with Crippen molar-refractivity contribution < 1.29 is 5.11 Å². The Morgan fingerprint density at radius 2 is 2.00 bits per heavy atom.